The van der Waals surface area contributed by atoms with Crippen LogP contribution >= 0.6 is 11.6 Å². The Morgan fingerprint density at radius 2 is 2.00 bits per heavy atom. The van der Waals surface area contributed by atoms with E-state index >= 15 is 4.39 Å². The zero-order valence-corrected chi connectivity index (χ0v) is 25.3. The molecule has 1 aromatic rings. The molecule has 0 unspecified atom stereocenters. The second kappa shape index (κ2) is 11.2. The Labute approximate surface area is 250 Å². The first-order valence-electron chi connectivity index (χ1n) is 14.7. The maximum absolute atomic E-state index is 15.7. The molecule has 0 bridgehead atoms. The fourth-order valence-electron chi connectivity index (χ4n) is 6.94. The van der Waals surface area contributed by atoms with Crippen LogP contribution in [0.2, 0.25) is 5.02 Å². The summed E-state index contributed by atoms with van der Waals surface area (Å²) in [6.07, 6.45) is 5.07. The van der Waals surface area contributed by atoms with E-state index in [2.05, 4.69) is 0 Å². The Kier molecular flexibility index (Phi) is 8.12. The van der Waals surface area contributed by atoms with Crippen LogP contribution < -0.4 is 16.3 Å². The highest BCUT2D eigenvalue weighted by Crippen LogP contribution is 2.54. The first-order valence-corrected chi connectivity index (χ1v) is 15.0. The summed E-state index contributed by atoms with van der Waals surface area (Å²) >= 11 is 6.59. The first-order chi connectivity index (χ1) is 19.8. The molecular weight excluding hydrogens is 565 g/mol. The number of likely N-dealkylation sites (tertiary alicyclic amines) is 1. The number of hydrogen-bond donors (Lipinski definition) is 3. The molecule has 230 valence electrons. The number of hydrazine groups is 1. The second-order valence-corrected chi connectivity index (χ2v) is 13.2. The molecule has 5 rings (SSSR count). The number of nitrogens with two attached hydrogens (primary N) is 2. The molecule has 2 aliphatic heterocycles. The van der Waals surface area contributed by atoms with Gasteiger partial charge in [-0.25, -0.2) is 10.2 Å². The molecule has 2 amide bonds. The first kappa shape index (κ1) is 30.4. The maximum atomic E-state index is 15.7. The van der Waals surface area contributed by atoms with Crippen LogP contribution in [-0.2, 0) is 20.8 Å². The smallest absolute Gasteiger partial charge is 0.310 e. The number of halogens is 2. The molecule has 10 nitrogen and oxygen atoms in total. The van der Waals surface area contributed by atoms with Crippen molar-refractivity contribution in [3.8, 4) is 5.75 Å². The van der Waals surface area contributed by atoms with Crippen molar-refractivity contribution < 1.29 is 28.6 Å². The Balaban J connectivity index is 1.57. The highest BCUT2D eigenvalue weighted by molar-refractivity contribution is 6.31. The zero-order chi connectivity index (χ0) is 30.6. The van der Waals surface area contributed by atoms with Crippen LogP contribution in [0, 0.1) is 22.6 Å². The minimum Gasteiger partial charge on any atom is -0.484 e. The number of carbonyl (C=O) groups is 3. The predicted molar refractivity (Wildman–Crippen MR) is 154 cm³/mol. The van der Waals surface area contributed by atoms with Crippen molar-refractivity contribution in [2.75, 3.05) is 33.3 Å². The van der Waals surface area contributed by atoms with Crippen LogP contribution in [0.15, 0.2) is 17.5 Å². The van der Waals surface area contributed by atoms with Crippen molar-refractivity contribution in [1.29, 1.82) is 0 Å². The normalized spacial score (nSPS) is 27.0. The van der Waals surface area contributed by atoms with E-state index in [4.69, 9.17) is 27.9 Å². The number of amides is 2. The van der Waals surface area contributed by atoms with E-state index in [0.29, 0.717) is 54.7 Å². The van der Waals surface area contributed by atoms with Crippen LogP contribution in [0.3, 0.4) is 0 Å². The zero-order valence-electron chi connectivity index (χ0n) is 24.5. The van der Waals surface area contributed by atoms with E-state index in [0.717, 1.165) is 25.7 Å². The summed E-state index contributed by atoms with van der Waals surface area (Å²) in [5.41, 5.74) is 6.86. The highest BCUT2D eigenvalue weighted by Gasteiger charge is 2.54. The predicted octanol–water partition coefficient (Wildman–Crippen LogP) is 3.57. The van der Waals surface area contributed by atoms with Gasteiger partial charge in [-0.1, -0.05) is 24.4 Å². The lowest BCUT2D eigenvalue weighted by Gasteiger charge is -2.45. The van der Waals surface area contributed by atoms with Gasteiger partial charge in [-0.2, -0.15) is 0 Å². The largest absolute Gasteiger partial charge is 0.484 e. The van der Waals surface area contributed by atoms with E-state index in [-0.39, 0.29) is 47.7 Å². The molecule has 0 radical (unpaired) electrons. The topological polar surface area (TPSA) is 142 Å². The molecule has 2 heterocycles. The van der Waals surface area contributed by atoms with Gasteiger partial charge in [0.25, 0.3) is 0 Å². The fraction of sp³-hybridized carbons (Fsp3) is 0.633. The molecule has 2 aliphatic carbocycles. The fourth-order valence-corrected chi connectivity index (χ4v) is 7.24. The van der Waals surface area contributed by atoms with Crippen molar-refractivity contribution >= 4 is 29.4 Å². The number of carboxylic acid groups (broad SMARTS) is 1. The third kappa shape index (κ3) is 5.41. The van der Waals surface area contributed by atoms with Gasteiger partial charge in [0.05, 0.1) is 23.1 Å². The van der Waals surface area contributed by atoms with Crippen LogP contribution in [0.1, 0.15) is 76.0 Å². The molecule has 4 aliphatic rings. The minimum absolute atomic E-state index is 0.00110. The second-order valence-electron chi connectivity index (χ2n) is 12.8. The lowest BCUT2D eigenvalue weighted by Crippen LogP contribution is -2.52. The summed E-state index contributed by atoms with van der Waals surface area (Å²) in [4.78, 5) is 43.3. The van der Waals surface area contributed by atoms with Gasteiger partial charge in [-0.3, -0.25) is 14.4 Å². The number of fused-ring (bicyclic) bond motifs is 1. The van der Waals surface area contributed by atoms with Gasteiger partial charge >= 0.3 is 5.97 Å². The molecular formula is C30H41ClFN5O5. The Bertz CT molecular complexity index is 1330. The molecule has 3 atom stereocenters. The number of ether oxygens (including phenoxy) is 1. The van der Waals surface area contributed by atoms with Gasteiger partial charge in [-0.15, -0.1) is 0 Å². The van der Waals surface area contributed by atoms with Crippen molar-refractivity contribution in [3.05, 3.63) is 39.4 Å². The molecule has 42 heavy (non-hydrogen) atoms. The summed E-state index contributed by atoms with van der Waals surface area (Å²) in [5, 5.41) is 11.7. The Morgan fingerprint density at radius 1 is 1.29 bits per heavy atom. The lowest BCUT2D eigenvalue weighted by molar-refractivity contribution is -0.162. The number of rotatable bonds is 8. The number of allylic oxidation sites excluding steroid dienone is 1. The quantitative estimate of drug-likeness (QED) is 0.301. The van der Waals surface area contributed by atoms with E-state index in [1.54, 1.807) is 30.7 Å². The van der Waals surface area contributed by atoms with Gasteiger partial charge in [-0.05, 0) is 63.0 Å². The molecule has 1 aromatic carbocycles. The van der Waals surface area contributed by atoms with Crippen molar-refractivity contribution in [1.82, 2.24) is 14.8 Å². The van der Waals surface area contributed by atoms with Crippen LogP contribution in [-0.4, -0.2) is 71.0 Å². The summed E-state index contributed by atoms with van der Waals surface area (Å²) in [6.45, 7) is 4.17. The average Bonchev–Trinajstić information content (AvgIpc) is 3.62. The SMILES string of the molecule is C/C(=C(/N)COc1c(F)cc(Cl)c2c1[C@@H](CN1CC3(CC3)CC1=O)N(C(=O)[C@@H]1CCCC[C@]1(C)C(=O)O)CC2)N(C)N. The highest BCUT2D eigenvalue weighted by atomic mass is 35.5. The molecule has 0 aromatic heterocycles. The van der Waals surface area contributed by atoms with Gasteiger partial charge in [0.1, 0.15) is 6.61 Å². The Hall–Kier alpha value is -3.05. The standard InChI is InChI=1S/C30H41ClFN5O5/c1-17(35(3)34)22(33)15-42-26-21(32)12-20(31)18-7-11-37(27(39)19-6-4-5-8-29(19,2)28(40)41)23(25(18)26)14-36-16-30(9-10-30)13-24(36)38/h12,19,23H,4-11,13-16,33-34H2,1-3H3,(H,40,41)/b22-17-/t19-,23+,29-/m0/s1. The van der Waals surface area contributed by atoms with Gasteiger partial charge in [0.15, 0.2) is 11.6 Å². The van der Waals surface area contributed by atoms with Gasteiger partial charge in [0, 0.05) is 49.4 Å². The minimum atomic E-state index is -1.22. The number of carboxylic acids is 1. The van der Waals surface area contributed by atoms with Crippen molar-refractivity contribution in [2.24, 2.45) is 28.3 Å². The van der Waals surface area contributed by atoms with E-state index < -0.39 is 29.2 Å². The number of aliphatic carboxylic acids is 1. The number of carbonyl (C=O) groups excluding carboxylic acids is 2. The van der Waals surface area contributed by atoms with Crippen LogP contribution in [0.5, 0.6) is 5.75 Å². The molecule has 1 saturated heterocycles. The monoisotopic (exact) mass is 605 g/mol. The number of benzene rings is 1. The third-order valence-corrected chi connectivity index (χ3v) is 10.4. The molecule has 5 N–H and O–H groups in total. The maximum Gasteiger partial charge on any atom is 0.310 e. The summed E-state index contributed by atoms with van der Waals surface area (Å²) in [5.74, 6) is 2.99. The summed E-state index contributed by atoms with van der Waals surface area (Å²) in [6, 6.07) is 0.431. The lowest BCUT2D eigenvalue weighted by atomic mass is 9.66. The molecule has 3 fully saturated rings. The summed E-state index contributed by atoms with van der Waals surface area (Å²) < 4.78 is 21.7. The number of hydrogen-bond acceptors (Lipinski definition) is 7. The van der Waals surface area contributed by atoms with E-state index in [9.17, 15) is 19.5 Å². The average molecular weight is 606 g/mol. The molecule has 12 heteroatoms. The van der Waals surface area contributed by atoms with Crippen molar-refractivity contribution in [2.45, 2.75) is 71.3 Å². The van der Waals surface area contributed by atoms with Crippen LogP contribution in [0.25, 0.3) is 0 Å². The summed E-state index contributed by atoms with van der Waals surface area (Å²) in [7, 11) is 1.63. The third-order valence-electron chi connectivity index (χ3n) is 10.0. The van der Waals surface area contributed by atoms with Gasteiger partial charge in [0.2, 0.25) is 11.8 Å². The van der Waals surface area contributed by atoms with E-state index in [1.807, 2.05) is 0 Å². The van der Waals surface area contributed by atoms with Gasteiger partial charge < -0.3 is 30.4 Å². The molecule has 2 saturated carbocycles. The van der Waals surface area contributed by atoms with Crippen molar-refractivity contribution in [3.63, 3.8) is 0 Å². The Morgan fingerprint density at radius 3 is 2.62 bits per heavy atom. The molecule has 1 spiro atoms. The number of nitrogens with zero attached hydrogens (tertiary/aromatic N) is 3. The van der Waals surface area contributed by atoms with Crippen LogP contribution in [0.4, 0.5) is 4.39 Å². The van der Waals surface area contributed by atoms with E-state index in [1.165, 1.54) is 11.1 Å².